The minimum absolute atomic E-state index is 0.178. The van der Waals surface area contributed by atoms with Gasteiger partial charge in [0.1, 0.15) is 6.04 Å². The average molecular weight is 372 g/mol. The highest BCUT2D eigenvalue weighted by Crippen LogP contribution is 2.24. The van der Waals surface area contributed by atoms with Gasteiger partial charge in [0.15, 0.2) is 11.5 Å². The van der Waals surface area contributed by atoms with Gasteiger partial charge in [0, 0.05) is 19.2 Å². The number of phenolic OH excluding ortho intramolecular Hbond substituents is 2. The molecule has 0 aliphatic carbocycles. The average Bonchev–Trinajstić information content (AvgIpc) is 2.71. The Labute approximate surface area is 160 Å². The Bertz CT molecular complexity index is 747. The van der Waals surface area contributed by atoms with Crippen LogP contribution in [0.15, 0.2) is 48.5 Å². The van der Waals surface area contributed by atoms with E-state index in [1.54, 1.807) is 44.3 Å². The van der Waals surface area contributed by atoms with Crippen molar-refractivity contribution in [2.45, 2.75) is 33.2 Å². The molecule has 1 unspecified atom stereocenters. The monoisotopic (exact) mass is 372 g/mol. The predicted octanol–water partition coefficient (Wildman–Crippen LogP) is 2.94. The van der Waals surface area contributed by atoms with Gasteiger partial charge in [0.25, 0.3) is 5.91 Å². The number of rotatable bonds is 6. The summed E-state index contributed by atoms with van der Waals surface area (Å²) in [6, 6.07) is 12.7. The number of phenols is 2. The number of likely N-dealkylation sites (N-methyl/N-ethyl adjacent to an activating group) is 1. The highest BCUT2D eigenvalue weighted by molar-refractivity contribution is 5.97. The van der Waals surface area contributed by atoms with Gasteiger partial charge < -0.3 is 20.4 Å². The number of carbonyl (C=O) groups excluding carboxylic acids is 2. The predicted molar refractivity (Wildman–Crippen MR) is 106 cm³/mol. The summed E-state index contributed by atoms with van der Waals surface area (Å²) in [6.07, 6.45) is 0.503. The molecule has 0 radical (unpaired) electrons. The minimum Gasteiger partial charge on any atom is -0.504 e. The summed E-state index contributed by atoms with van der Waals surface area (Å²) in [5, 5.41) is 21.5. The van der Waals surface area contributed by atoms with Crippen molar-refractivity contribution in [3.63, 3.8) is 0 Å². The van der Waals surface area contributed by atoms with Gasteiger partial charge in [-0.25, -0.2) is 0 Å². The van der Waals surface area contributed by atoms with Gasteiger partial charge in [-0.15, -0.1) is 0 Å². The van der Waals surface area contributed by atoms with Crippen LogP contribution in [0.3, 0.4) is 0 Å². The summed E-state index contributed by atoms with van der Waals surface area (Å²) in [6.45, 7) is 6.03. The molecule has 146 valence electrons. The van der Waals surface area contributed by atoms with E-state index >= 15 is 0 Å². The Hall–Kier alpha value is -3.02. The topological polar surface area (TPSA) is 89.9 Å². The zero-order chi connectivity index (χ0) is 20.4. The van der Waals surface area contributed by atoms with E-state index in [4.69, 9.17) is 0 Å². The maximum atomic E-state index is 12.3. The Morgan fingerprint density at radius 3 is 2.26 bits per heavy atom. The SMILES string of the molecule is CC.CC(C(=O)NCCc1ccc(O)c(O)c1)N(C)C(=O)c1ccccc1. The first-order chi connectivity index (χ1) is 12.9. The number of amides is 2. The lowest BCUT2D eigenvalue weighted by Gasteiger charge is -2.24. The molecular formula is C21H28N2O4. The maximum absolute atomic E-state index is 12.3. The van der Waals surface area contributed by atoms with E-state index in [1.807, 2.05) is 19.9 Å². The summed E-state index contributed by atoms with van der Waals surface area (Å²) in [5.74, 6) is -0.839. The molecule has 2 rings (SSSR count). The number of carbonyl (C=O) groups is 2. The molecule has 0 aliphatic heterocycles. The number of benzene rings is 2. The van der Waals surface area contributed by atoms with E-state index < -0.39 is 6.04 Å². The van der Waals surface area contributed by atoms with Crippen LogP contribution in [-0.2, 0) is 11.2 Å². The van der Waals surface area contributed by atoms with Crippen molar-refractivity contribution in [2.24, 2.45) is 0 Å². The Kier molecular flexibility index (Phi) is 8.85. The lowest BCUT2D eigenvalue weighted by molar-refractivity contribution is -0.124. The van der Waals surface area contributed by atoms with Crippen molar-refractivity contribution in [1.29, 1.82) is 0 Å². The molecule has 0 fully saturated rings. The Balaban J connectivity index is 0.00000176. The normalized spacial score (nSPS) is 11.0. The quantitative estimate of drug-likeness (QED) is 0.680. The molecule has 27 heavy (non-hydrogen) atoms. The second-order valence-electron chi connectivity index (χ2n) is 5.82. The second-order valence-corrected chi connectivity index (χ2v) is 5.82. The van der Waals surface area contributed by atoms with Crippen LogP contribution in [0.25, 0.3) is 0 Å². The van der Waals surface area contributed by atoms with Crippen LogP contribution < -0.4 is 5.32 Å². The number of nitrogens with one attached hydrogen (secondary N) is 1. The molecule has 1 atom stereocenters. The van der Waals surface area contributed by atoms with Crippen LogP contribution in [-0.4, -0.2) is 46.6 Å². The fourth-order valence-corrected chi connectivity index (χ4v) is 2.34. The van der Waals surface area contributed by atoms with E-state index in [0.717, 1.165) is 5.56 Å². The van der Waals surface area contributed by atoms with Crippen molar-refractivity contribution in [1.82, 2.24) is 10.2 Å². The molecule has 0 aromatic heterocycles. The molecular weight excluding hydrogens is 344 g/mol. The van der Waals surface area contributed by atoms with Gasteiger partial charge in [-0.05, 0) is 43.2 Å². The van der Waals surface area contributed by atoms with Crippen LogP contribution in [0, 0.1) is 0 Å². The van der Waals surface area contributed by atoms with E-state index in [2.05, 4.69) is 5.32 Å². The summed E-state index contributed by atoms with van der Waals surface area (Å²) >= 11 is 0. The van der Waals surface area contributed by atoms with Gasteiger partial charge in [0.05, 0.1) is 0 Å². The third-order valence-electron chi connectivity index (χ3n) is 4.05. The van der Waals surface area contributed by atoms with Crippen LogP contribution >= 0.6 is 0 Å². The van der Waals surface area contributed by atoms with Gasteiger partial charge in [-0.2, -0.15) is 0 Å². The molecule has 2 aromatic carbocycles. The van der Waals surface area contributed by atoms with Crippen LogP contribution in [0.4, 0.5) is 0 Å². The zero-order valence-corrected chi connectivity index (χ0v) is 16.3. The molecule has 0 heterocycles. The number of aromatic hydroxyl groups is 2. The molecule has 0 aliphatic rings. The third-order valence-corrected chi connectivity index (χ3v) is 4.05. The van der Waals surface area contributed by atoms with Gasteiger partial charge in [-0.3, -0.25) is 9.59 Å². The Morgan fingerprint density at radius 1 is 1.04 bits per heavy atom. The molecule has 6 nitrogen and oxygen atoms in total. The maximum Gasteiger partial charge on any atom is 0.254 e. The highest BCUT2D eigenvalue weighted by Gasteiger charge is 2.22. The van der Waals surface area contributed by atoms with E-state index in [0.29, 0.717) is 18.5 Å². The van der Waals surface area contributed by atoms with Crippen LogP contribution in [0.2, 0.25) is 0 Å². The van der Waals surface area contributed by atoms with Gasteiger partial charge in [0.2, 0.25) is 5.91 Å². The summed E-state index contributed by atoms with van der Waals surface area (Å²) in [4.78, 5) is 26.0. The number of hydrogen-bond acceptors (Lipinski definition) is 4. The first-order valence-corrected chi connectivity index (χ1v) is 9.01. The molecule has 0 saturated carbocycles. The smallest absolute Gasteiger partial charge is 0.254 e. The molecule has 2 aromatic rings. The first-order valence-electron chi connectivity index (χ1n) is 9.01. The molecule has 0 saturated heterocycles. The number of hydrogen-bond donors (Lipinski definition) is 3. The van der Waals surface area contributed by atoms with Crippen LogP contribution in [0.1, 0.15) is 36.7 Å². The lowest BCUT2D eigenvalue weighted by Crippen LogP contribution is -2.46. The highest BCUT2D eigenvalue weighted by atomic mass is 16.3. The number of nitrogens with zero attached hydrogens (tertiary/aromatic N) is 1. The fraction of sp³-hybridized carbons (Fsp3) is 0.333. The van der Waals surface area contributed by atoms with Crippen molar-refractivity contribution in [3.05, 3.63) is 59.7 Å². The molecule has 0 spiro atoms. The second kappa shape index (κ2) is 10.9. The Morgan fingerprint density at radius 2 is 1.67 bits per heavy atom. The molecule has 6 heteroatoms. The van der Waals surface area contributed by atoms with Crippen molar-refractivity contribution in [2.75, 3.05) is 13.6 Å². The van der Waals surface area contributed by atoms with Crippen molar-refractivity contribution >= 4 is 11.8 Å². The third kappa shape index (κ3) is 6.33. The summed E-state index contributed by atoms with van der Waals surface area (Å²) in [7, 11) is 1.59. The molecule has 0 bridgehead atoms. The van der Waals surface area contributed by atoms with Crippen LogP contribution in [0.5, 0.6) is 11.5 Å². The summed E-state index contributed by atoms with van der Waals surface area (Å²) < 4.78 is 0. The minimum atomic E-state index is -0.610. The summed E-state index contributed by atoms with van der Waals surface area (Å²) in [5.41, 5.74) is 1.32. The molecule has 2 amide bonds. The largest absolute Gasteiger partial charge is 0.504 e. The van der Waals surface area contributed by atoms with Crippen molar-refractivity contribution in [3.8, 4) is 11.5 Å². The van der Waals surface area contributed by atoms with Gasteiger partial charge in [-0.1, -0.05) is 38.1 Å². The molecule has 3 N–H and O–H groups in total. The standard InChI is InChI=1S/C19H22N2O4.C2H6/c1-13(21(2)19(25)15-6-4-3-5-7-15)18(24)20-11-10-14-8-9-16(22)17(23)12-14;1-2/h3-9,12-13,22-23H,10-11H2,1-2H3,(H,20,24);1-2H3. The first kappa shape index (κ1) is 22.0. The van der Waals surface area contributed by atoms with E-state index in [1.165, 1.54) is 17.0 Å². The lowest BCUT2D eigenvalue weighted by atomic mass is 10.1. The van der Waals surface area contributed by atoms with Gasteiger partial charge >= 0.3 is 0 Å². The zero-order valence-electron chi connectivity index (χ0n) is 16.3. The van der Waals surface area contributed by atoms with Crippen molar-refractivity contribution < 1.29 is 19.8 Å². The van der Waals surface area contributed by atoms with E-state index in [9.17, 15) is 19.8 Å². The fourth-order valence-electron chi connectivity index (χ4n) is 2.34. The van der Waals surface area contributed by atoms with E-state index in [-0.39, 0.29) is 23.3 Å².